The fourth-order valence-electron chi connectivity index (χ4n) is 2.68. The second-order valence-corrected chi connectivity index (χ2v) is 6.82. The highest BCUT2D eigenvalue weighted by Gasteiger charge is 2.34. The maximum atomic E-state index is 14.0. The number of hydrogen-bond acceptors (Lipinski definition) is 2. The van der Waals surface area contributed by atoms with Crippen molar-refractivity contribution in [2.24, 2.45) is 0 Å². The van der Waals surface area contributed by atoms with E-state index in [1.807, 2.05) is 42.3 Å². The highest BCUT2D eigenvalue weighted by molar-refractivity contribution is 7.98. The number of benzene rings is 2. The molecule has 0 heterocycles. The minimum absolute atomic E-state index is 0.00385. The number of aryl methyl sites for hydroxylation is 1. The fourth-order valence-corrected chi connectivity index (χ4v) is 3.12. The Balaban J connectivity index is 1.90. The van der Waals surface area contributed by atoms with Crippen molar-refractivity contribution in [2.45, 2.75) is 37.2 Å². The van der Waals surface area contributed by atoms with Gasteiger partial charge >= 0.3 is 0 Å². The van der Waals surface area contributed by atoms with Crippen LogP contribution in [0.5, 0.6) is 0 Å². The normalized spacial score (nSPS) is 13.9. The van der Waals surface area contributed by atoms with E-state index in [2.05, 4.69) is 0 Å². The predicted octanol–water partition coefficient (Wildman–Crippen LogP) is 4.66. The van der Waals surface area contributed by atoms with Crippen molar-refractivity contribution in [1.82, 2.24) is 4.90 Å². The van der Waals surface area contributed by atoms with E-state index in [0.717, 1.165) is 28.9 Å². The molecule has 2 aromatic carbocycles. The Morgan fingerprint density at radius 2 is 2.00 bits per heavy atom. The number of halogens is 1. The van der Waals surface area contributed by atoms with E-state index in [4.69, 9.17) is 0 Å². The van der Waals surface area contributed by atoms with Crippen molar-refractivity contribution in [1.29, 1.82) is 0 Å². The van der Waals surface area contributed by atoms with Crippen LogP contribution in [0, 0.1) is 12.7 Å². The molecule has 4 heteroatoms. The Morgan fingerprint density at radius 1 is 1.26 bits per heavy atom. The fraction of sp³-hybridized carbons (Fsp3) is 0.316. The number of amides is 1. The van der Waals surface area contributed by atoms with E-state index in [-0.39, 0.29) is 17.8 Å². The molecule has 0 unspecified atom stereocenters. The molecule has 23 heavy (non-hydrogen) atoms. The zero-order valence-electron chi connectivity index (χ0n) is 13.4. The minimum atomic E-state index is -0.250. The summed E-state index contributed by atoms with van der Waals surface area (Å²) >= 11 is 1.62. The van der Waals surface area contributed by atoms with Gasteiger partial charge < -0.3 is 4.90 Å². The molecule has 0 aliphatic heterocycles. The van der Waals surface area contributed by atoms with Crippen LogP contribution in [0.25, 0.3) is 0 Å². The van der Waals surface area contributed by atoms with Gasteiger partial charge in [-0.2, -0.15) is 0 Å². The standard InChI is InChI=1S/C19H20FNOS/c1-13-7-10-16(23-2)11-17(13)19(22)21(15-8-9-15)12-14-5-3-4-6-18(14)20/h3-7,10-11,15H,8-9,12H2,1-2H3. The summed E-state index contributed by atoms with van der Waals surface area (Å²) in [5.41, 5.74) is 2.26. The van der Waals surface area contributed by atoms with Crippen LogP contribution in [0.15, 0.2) is 47.4 Å². The lowest BCUT2D eigenvalue weighted by Crippen LogP contribution is -2.33. The minimum Gasteiger partial charge on any atom is -0.331 e. The van der Waals surface area contributed by atoms with Crippen molar-refractivity contribution >= 4 is 17.7 Å². The quantitative estimate of drug-likeness (QED) is 0.744. The highest BCUT2D eigenvalue weighted by atomic mass is 32.2. The van der Waals surface area contributed by atoms with Gasteiger partial charge in [-0.15, -0.1) is 11.8 Å². The van der Waals surface area contributed by atoms with E-state index in [9.17, 15) is 9.18 Å². The molecule has 0 atom stereocenters. The molecule has 1 amide bonds. The van der Waals surface area contributed by atoms with Gasteiger partial charge in [0.25, 0.3) is 5.91 Å². The third kappa shape index (κ3) is 3.58. The lowest BCUT2D eigenvalue weighted by Gasteiger charge is -2.24. The first-order valence-electron chi connectivity index (χ1n) is 7.79. The van der Waals surface area contributed by atoms with Crippen LogP contribution in [0.4, 0.5) is 4.39 Å². The maximum absolute atomic E-state index is 14.0. The second kappa shape index (κ2) is 6.75. The third-order valence-electron chi connectivity index (χ3n) is 4.22. The number of hydrogen-bond donors (Lipinski definition) is 0. The third-order valence-corrected chi connectivity index (χ3v) is 4.95. The molecule has 2 nitrogen and oxygen atoms in total. The van der Waals surface area contributed by atoms with Crippen molar-refractivity contribution in [3.8, 4) is 0 Å². The zero-order valence-corrected chi connectivity index (χ0v) is 14.2. The summed E-state index contributed by atoms with van der Waals surface area (Å²) in [6.45, 7) is 2.28. The molecular weight excluding hydrogens is 309 g/mol. The van der Waals surface area contributed by atoms with E-state index in [1.54, 1.807) is 23.9 Å². The topological polar surface area (TPSA) is 20.3 Å². The Hall–Kier alpha value is -1.81. The van der Waals surface area contributed by atoms with Gasteiger partial charge in [-0.05, 0) is 49.8 Å². The molecule has 0 bridgehead atoms. The molecule has 0 radical (unpaired) electrons. The van der Waals surface area contributed by atoms with Crippen LogP contribution in [0.3, 0.4) is 0 Å². The van der Waals surface area contributed by atoms with Gasteiger partial charge in [-0.1, -0.05) is 24.3 Å². The van der Waals surface area contributed by atoms with Crippen molar-refractivity contribution in [3.05, 3.63) is 65.0 Å². The van der Waals surface area contributed by atoms with Crippen LogP contribution in [-0.4, -0.2) is 23.1 Å². The van der Waals surface area contributed by atoms with Crippen LogP contribution in [0.2, 0.25) is 0 Å². The molecule has 1 aliphatic rings. The van der Waals surface area contributed by atoms with E-state index in [1.165, 1.54) is 6.07 Å². The molecule has 120 valence electrons. The average Bonchev–Trinajstić information content (AvgIpc) is 3.39. The zero-order chi connectivity index (χ0) is 16.4. The molecule has 1 fully saturated rings. The Bertz CT molecular complexity index is 727. The van der Waals surface area contributed by atoms with Crippen LogP contribution >= 0.6 is 11.8 Å². The largest absolute Gasteiger partial charge is 0.331 e. The number of carbonyl (C=O) groups excluding carboxylic acids is 1. The Labute approximate surface area is 140 Å². The van der Waals surface area contributed by atoms with E-state index in [0.29, 0.717) is 12.1 Å². The summed E-state index contributed by atoms with van der Waals surface area (Å²) in [7, 11) is 0. The van der Waals surface area contributed by atoms with Crippen LogP contribution in [-0.2, 0) is 6.54 Å². The molecular formula is C19H20FNOS. The summed E-state index contributed by atoms with van der Waals surface area (Å²) in [4.78, 5) is 15.9. The smallest absolute Gasteiger partial charge is 0.254 e. The molecule has 0 N–H and O–H groups in total. The molecule has 1 saturated carbocycles. The summed E-state index contributed by atoms with van der Waals surface area (Å²) in [5.74, 6) is -0.246. The van der Waals surface area contributed by atoms with Gasteiger partial charge in [0.2, 0.25) is 0 Å². The second-order valence-electron chi connectivity index (χ2n) is 5.94. The maximum Gasteiger partial charge on any atom is 0.254 e. The molecule has 0 saturated heterocycles. The lowest BCUT2D eigenvalue weighted by molar-refractivity contribution is 0.0727. The molecule has 0 spiro atoms. The first-order chi connectivity index (χ1) is 11.1. The first-order valence-corrected chi connectivity index (χ1v) is 9.01. The molecule has 1 aliphatic carbocycles. The number of thioether (sulfide) groups is 1. The van der Waals surface area contributed by atoms with Gasteiger partial charge in [-0.25, -0.2) is 4.39 Å². The SMILES string of the molecule is CSc1ccc(C)c(C(=O)N(Cc2ccccc2F)C2CC2)c1. The Kier molecular flexibility index (Phi) is 4.71. The summed E-state index contributed by atoms with van der Waals surface area (Å²) < 4.78 is 14.0. The monoisotopic (exact) mass is 329 g/mol. The predicted molar refractivity (Wildman–Crippen MR) is 92.3 cm³/mol. The molecule has 3 rings (SSSR count). The first kappa shape index (κ1) is 16.1. The molecule has 2 aromatic rings. The van der Waals surface area contributed by atoms with Gasteiger partial charge in [0.1, 0.15) is 5.82 Å². The van der Waals surface area contributed by atoms with E-state index >= 15 is 0 Å². The summed E-state index contributed by atoms with van der Waals surface area (Å²) in [6, 6.07) is 12.9. The number of rotatable bonds is 5. The Morgan fingerprint density at radius 3 is 2.65 bits per heavy atom. The molecule has 0 aromatic heterocycles. The highest BCUT2D eigenvalue weighted by Crippen LogP contribution is 2.31. The lowest BCUT2D eigenvalue weighted by atomic mass is 10.1. The van der Waals surface area contributed by atoms with Gasteiger partial charge in [0, 0.05) is 28.6 Å². The average molecular weight is 329 g/mol. The van der Waals surface area contributed by atoms with Crippen LogP contribution in [0.1, 0.15) is 34.3 Å². The van der Waals surface area contributed by atoms with Gasteiger partial charge in [-0.3, -0.25) is 4.79 Å². The van der Waals surface area contributed by atoms with Crippen LogP contribution < -0.4 is 0 Å². The van der Waals surface area contributed by atoms with Gasteiger partial charge in [0.05, 0.1) is 0 Å². The summed E-state index contributed by atoms with van der Waals surface area (Å²) in [6.07, 6.45) is 4.00. The summed E-state index contributed by atoms with van der Waals surface area (Å²) in [5, 5.41) is 0. The van der Waals surface area contributed by atoms with E-state index < -0.39 is 0 Å². The van der Waals surface area contributed by atoms with Crippen molar-refractivity contribution < 1.29 is 9.18 Å². The number of nitrogens with zero attached hydrogens (tertiary/aromatic N) is 1. The van der Waals surface area contributed by atoms with Crippen molar-refractivity contribution in [2.75, 3.05) is 6.26 Å². The van der Waals surface area contributed by atoms with Gasteiger partial charge in [0.15, 0.2) is 0 Å². The van der Waals surface area contributed by atoms with Crippen molar-refractivity contribution in [3.63, 3.8) is 0 Å². The number of carbonyl (C=O) groups is 1.